The normalized spacial score (nSPS) is 20.9. The number of carbonyl (C=O) groups excluding carboxylic acids is 2. The number of amides is 2. The van der Waals surface area contributed by atoms with Gasteiger partial charge in [0.25, 0.3) is 5.91 Å². The van der Waals surface area contributed by atoms with E-state index in [1.54, 1.807) is 7.11 Å². The Hall–Kier alpha value is -3.03. The van der Waals surface area contributed by atoms with Crippen LogP contribution in [-0.4, -0.2) is 59.9 Å². The van der Waals surface area contributed by atoms with Crippen LogP contribution in [0.1, 0.15) is 39.6 Å². The summed E-state index contributed by atoms with van der Waals surface area (Å²) in [4.78, 5) is 33.0. The molecule has 0 bridgehead atoms. The summed E-state index contributed by atoms with van der Waals surface area (Å²) in [6.45, 7) is 6.97. The number of methoxy groups -OCH3 is 1. The zero-order valence-electron chi connectivity index (χ0n) is 20.3. The van der Waals surface area contributed by atoms with Crippen LogP contribution in [-0.2, 0) is 4.79 Å². The number of aryl methyl sites for hydroxylation is 2. The number of rotatable bonds is 6. The first-order valence-electron chi connectivity index (χ1n) is 12.0. The average Bonchev–Trinajstić information content (AvgIpc) is 3.50. The Morgan fingerprint density at radius 1 is 1.14 bits per heavy atom. The molecule has 2 amide bonds. The molecule has 8 heteroatoms. The quantitative estimate of drug-likeness (QED) is 0.540. The number of likely N-dealkylation sites (tertiary alicyclic amines) is 2. The molecular weight excluding hydrogens is 464 g/mol. The summed E-state index contributed by atoms with van der Waals surface area (Å²) in [5, 5.41) is 1.70. The van der Waals surface area contributed by atoms with Crippen molar-refractivity contribution < 1.29 is 14.3 Å². The molecule has 7 nitrogen and oxygen atoms in total. The van der Waals surface area contributed by atoms with Crippen LogP contribution in [0.4, 0.5) is 0 Å². The molecule has 3 heterocycles. The van der Waals surface area contributed by atoms with Crippen molar-refractivity contribution in [1.82, 2.24) is 14.8 Å². The Kier molecular flexibility index (Phi) is 6.23. The van der Waals surface area contributed by atoms with Gasteiger partial charge in [-0.2, -0.15) is 0 Å². The Labute approximate surface area is 210 Å². The number of hydrogen-bond acceptors (Lipinski definition) is 4. The minimum Gasteiger partial charge on any atom is -0.495 e. The molecule has 0 saturated carbocycles. The number of fused-ring (bicyclic) bond motifs is 2. The number of aromatic amines is 1. The van der Waals surface area contributed by atoms with Gasteiger partial charge in [0.15, 0.2) is 0 Å². The summed E-state index contributed by atoms with van der Waals surface area (Å²) in [6, 6.07) is 11.7. The van der Waals surface area contributed by atoms with Crippen LogP contribution in [0, 0.1) is 25.7 Å². The summed E-state index contributed by atoms with van der Waals surface area (Å²) >= 11 is 6.38. The zero-order valence-corrected chi connectivity index (χ0v) is 21.1. The highest BCUT2D eigenvalue weighted by Crippen LogP contribution is 2.39. The number of halogens is 1. The zero-order chi connectivity index (χ0) is 24.9. The number of aromatic nitrogens is 1. The van der Waals surface area contributed by atoms with Gasteiger partial charge in [0.2, 0.25) is 5.91 Å². The van der Waals surface area contributed by atoms with E-state index in [2.05, 4.69) is 9.88 Å². The molecule has 2 fully saturated rings. The van der Waals surface area contributed by atoms with Crippen LogP contribution < -0.4 is 10.5 Å². The number of primary amides is 1. The summed E-state index contributed by atoms with van der Waals surface area (Å²) < 4.78 is 5.47. The first-order valence-corrected chi connectivity index (χ1v) is 12.4. The molecule has 5 rings (SSSR count). The van der Waals surface area contributed by atoms with E-state index in [-0.39, 0.29) is 24.3 Å². The Morgan fingerprint density at radius 3 is 2.49 bits per heavy atom. The highest BCUT2D eigenvalue weighted by atomic mass is 35.5. The molecule has 2 aromatic carbocycles. The van der Waals surface area contributed by atoms with Gasteiger partial charge in [-0.25, -0.2) is 0 Å². The number of nitrogens with one attached hydrogen (secondary N) is 1. The van der Waals surface area contributed by atoms with E-state index < -0.39 is 0 Å². The fourth-order valence-corrected chi connectivity index (χ4v) is 5.97. The molecular formula is C27H31ClN4O3. The lowest BCUT2D eigenvalue weighted by atomic mass is 10.0. The summed E-state index contributed by atoms with van der Waals surface area (Å²) in [5.41, 5.74) is 10.1. The molecule has 2 aliphatic rings. The van der Waals surface area contributed by atoms with Crippen LogP contribution >= 0.6 is 11.6 Å². The van der Waals surface area contributed by atoms with Crippen LogP contribution in [0.2, 0.25) is 5.02 Å². The fraction of sp³-hybridized carbons (Fsp3) is 0.407. The first-order chi connectivity index (χ1) is 16.8. The van der Waals surface area contributed by atoms with E-state index in [4.69, 9.17) is 22.1 Å². The van der Waals surface area contributed by atoms with E-state index in [0.29, 0.717) is 35.6 Å². The summed E-state index contributed by atoms with van der Waals surface area (Å²) in [6.07, 6.45) is 0.248. The van der Waals surface area contributed by atoms with Gasteiger partial charge in [0.1, 0.15) is 11.4 Å². The monoisotopic (exact) mass is 494 g/mol. The maximum absolute atomic E-state index is 13.5. The van der Waals surface area contributed by atoms with Gasteiger partial charge in [0, 0.05) is 49.1 Å². The van der Waals surface area contributed by atoms with E-state index >= 15 is 0 Å². The van der Waals surface area contributed by atoms with Gasteiger partial charge in [-0.05, 0) is 54.5 Å². The van der Waals surface area contributed by atoms with Crippen molar-refractivity contribution in [3.63, 3.8) is 0 Å². The predicted molar refractivity (Wildman–Crippen MR) is 137 cm³/mol. The number of H-pyrrole nitrogens is 1. The molecule has 3 unspecified atom stereocenters. The molecule has 2 saturated heterocycles. The number of para-hydroxylation sites is 1. The molecule has 1 aromatic heterocycles. The molecule has 3 N–H and O–H groups in total. The van der Waals surface area contributed by atoms with Crippen LogP contribution in [0.5, 0.6) is 5.75 Å². The number of nitrogens with zero attached hydrogens (tertiary/aromatic N) is 2. The first kappa shape index (κ1) is 23.7. The molecule has 0 spiro atoms. The molecule has 35 heavy (non-hydrogen) atoms. The number of hydrogen-bond donors (Lipinski definition) is 2. The second kappa shape index (κ2) is 9.21. The number of nitrogens with two attached hydrogens (primary N) is 1. The van der Waals surface area contributed by atoms with Crippen molar-refractivity contribution in [1.29, 1.82) is 0 Å². The molecule has 184 valence electrons. The Morgan fingerprint density at radius 2 is 1.86 bits per heavy atom. The third-order valence-corrected chi connectivity index (χ3v) is 8.11. The van der Waals surface area contributed by atoms with Gasteiger partial charge < -0.3 is 20.4 Å². The van der Waals surface area contributed by atoms with Crippen LogP contribution in [0.25, 0.3) is 10.9 Å². The van der Waals surface area contributed by atoms with Crippen LogP contribution in [0.3, 0.4) is 0 Å². The van der Waals surface area contributed by atoms with Crippen molar-refractivity contribution in [3.8, 4) is 5.75 Å². The lowest BCUT2D eigenvalue weighted by molar-refractivity contribution is -0.119. The SMILES string of the molecule is COc1cccc2c(C)c(C(=O)N3CC4CN(C(CC(N)=O)c5ccc(C)c(Cl)c5)CC4C3)[nH]c12. The van der Waals surface area contributed by atoms with Crippen molar-refractivity contribution in [2.75, 3.05) is 33.3 Å². The molecule has 3 atom stereocenters. The van der Waals surface area contributed by atoms with Gasteiger partial charge >= 0.3 is 0 Å². The van der Waals surface area contributed by atoms with E-state index in [1.807, 2.05) is 55.1 Å². The molecule has 0 aliphatic carbocycles. The molecule has 2 aliphatic heterocycles. The van der Waals surface area contributed by atoms with Gasteiger partial charge in [-0.1, -0.05) is 35.9 Å². The largest absolute Gasteiger partial charge is 0.495 e. The highest BCUT2D eigenvalue weighted by molar-refractivity contribution is 6.31. The van der Waals surface area contributed by atoms with Crippen molar-refractivity contribution in [3.05, 3.63) is 63.8 Å². The van der Waals surface area contributed by atoms with E-state index in [9.17, 15) is 9.59 Å². The lowest BCUT2D eigenvalue weighted by Crippen LogP contribution is -2.36. The maximum atomic E-state index is 13.5. The summed E-state index contributed by atoms with van der Waals surface area (Å²) in [5.74, 6) is 1.14. The minimum absolute atomic E-state index is 0.0284. The highest BCUT2D eigenvalue weighted by Gasteiger charge is 2.44. The number of carbonyl (C=O) groups is 2. The second-order valence-electron chi connectivity index (χ2n) is 9.89. The maximum Gasteiger partial charge on any atom is 0.270 e. The molecule has 0 radical (unpaired) electrons. The standard InChI is InChI=1S/C27H31ClN4O3/c1-15-7-8-17(9-21(15)28)22(10-24(29)33)31-11-18-13-32(14-19(18)12-31)27(34)25-16(2)20-5-4-6-23(35-3)26(20)30-25/h4-9,18-19,22,30H,10-14H2,1-3H3,(H2,29,33). The smallest absolute Gasteiger partial charge is 0.270 e. The second-order valence-corrected chi connectivity index (χ2v) is 10.3. The summed E-state index contributed by atoms with van der Waals surface area (Å²) in [7, 11) is 1.63. The third kappa shape index (κ3) is 4.28. The van der Waals surface area contributed by atoms with E-state index in [1.165, 1.54) is 0 Å². The topological polar surface area (TPSA) is 91.7 Å². The van der Waals surface area contributed by atoms with Gasteiger partial charge in [0.05, 0.1) is 12.6 Å². The van der Waals surface area contributed by atoms with Crippen molar-refractivity contribution in [2.24, 2.45) is 17.6 Å². The number of ether oxygens (including phenoxy) is 1. The number of benzene rings is 2. The molecule has 3 aromatic rings. The van der Waals surface area contributed by atoms with Crippen molar-refractivity contribution >= 4 is 34.3 Å². The minimum atomic E-state index is -0.328. The Bertz CT molecular complexity index is 1290. The van der Waals surface area contributed by atoms with Gasteiger partial charge in [-0.15, -0.1) is 0 Å². The van der Waals surface area contributed by atoms with E-state index in [0.717, 1.165) is 46.4 Å². The van der Waals surface area contributed by atoms with Crippen molar-refractivity contribution in [2.45, 2.75) is 26.3 Å². The van der Waals surface area contributed by atoms with Gasteiger partial charge in [-0.3, -0.25) is 14.5 Å². The predicted octanol–water partition coefficient (Wildman–Crippen LogP) is 4.07. The average molecular weight is 495 g/mol. The third-order valence-electron chi connectivity index (χ3n) is 7.71. The fourth-order valence-electron chi connectivity index (χ4n) is 5.78. The lowest BCUT2D eigenvalue weighted by Gasteiger charge is -2.29. The Balaban J connectivity index is 1.32. The van der Waals surface area contributed by atoms with Crippen LogP contribution in [0.15, 0.2) is 36.4 Å².